The molecule has 3 amide bonds. The fraction of sp³-hybridized carbons (Fsp3) is 0.222. The molecule has 0 spiro atoms. The van der Waals surface area contributed by atoms with Crippen molar-refractivity contribution in [3.63, 3.8) is 0 Å². The summed E-state index contributed by atoms with van der Waals surface area (Å²) in [5, 5.41) is 12.1. The number of benzene rings is 2. The second-order valence-electron chi connectivity index (χ2n) is 5.38. The van der Waals surface area contributed by atoms with Crippen molar-refractivity contribution in [3.05, 3.63) is 65.7 Å². The second kappa shape index (κ2) is 8.70. The number of amides is 3. The van der Waals surface area contributed by atoms with E-state index in [1.165, 1.54) is 0 Å². The molecule has 0 heterocycles. The molecule has 7 nitrogen and oxygen atoms in total. The van der Waals surface area contributed by atoms with Crippen LogP contribution >= 0.6 is 0 Å². The summed E-state index contributed by atoms with van der Waals surface area (Å²) in [4.78, 5) is 23.0. The summed E-state index contributed by atoms with van der Waals surface area (Å²) in [6.45, 7) is 1.85. The van der Waals surface area contributed by atoms with Crippen LogP contribution in [0.3, 0.4) is 0 Å². The minimum Gasteiger partial charge on any atom is -0.485 e. The first kappa shape index (κ1) is 18.3. The highest BCUT2D eigenvalue weighted by Gasteiger charge is 2.15. The summed E-state index contributed by atoms with van der Waals surface area (Å²) in [6.07, 6.45) is -0.224. The van der Waals surface area contributed by atoms with Crippen LogP contribution in [0.4, 0.5) is 4.79 Å². The Hall–Kier alpha value is -3.06. The molecule has 1 atom stereocenters. The molecule has 4 N–H and O–H groups in total. The summed E-state index contributed by atoms with van der Waals surface area (Å²) >= 11 is 0. The van der Waals surface area contributed by atoms with Crippen LogP contribution in [-0.4, -0.2) is 35.3 Å². The van der Waals surface area contributed by atoms with Gasteiger partial charge >= 0.3 is 6.03 Å². The molecule has 0 saturated heterocycles. The number of para-hydroxylation sites is 1. The summed E-state index contributed by atoms with van der Waals surface area (Å²) < 4.78 is 5.92. The van der Waals surface area contributed by atoms with Crippen LogP contribution < -0.4 is 15.8 Å². The zero-order valence-corrected chi connectivity index (χ0v) is 13.9. The molecule has 2 rings (SSSR count). The Bertz CT molecular complexity index is 721. The van der Waals surface area contributed by atoms with Gasteiger partial charge in [-0.3, -0.25) is 10.0 Å². The van der Waals surface area contributed by atoms with Crippen molar-refractivity contribution in [2.24, 2.45) is 5.73 Å². The van der Waals surface area contributed by atoms with Gasteiger partial charge in [0, 0.05) is 6.54 Å². The Morgan fingerprint density at radius 3 is 2.48 bits per heavy atom. The third-order valence-corrected chi connectivity index (χ3v) is 3.57. The van der Waals surface area contributed by atoms with E-state index in [-0.39, 0.29) is 25.1 Å². The van der Waals surface area contributed by atoms with Crippen LogP contribution in [0, 0.1) is 0 Å². The zero-order chi connectivity index (χ0) is 18.2. The number of hydroxylamine groups is 2. The SMILES string of the molecule is CC(Oc1ccccc1C(=O)NCCN(O)C(N)=O)c1ccccc1. The smallest absolute Gasteiger partial charge is 0.338 e. The minimum atomic E-state index is -0.977. The summed E-state index contributed by atoms with van der Waals surface area (Å²) in [6, 6.07) is 15.6. The number of urea groups is 1. The number of ether oxygens (including phenoxy) is 1. The van der Waals surface area contributed by atoms with Crippen LogP contribution in [0.2, 0.25) is 0 Å². The van der Waals surface area contributed by atoms with Gasteiger partial charge < -0.3 is 15.8 Å². The number of carbonyl (C=O) groups is 2. The monoisotopic (exact) mass is 343 g/mol. The molecule has 0 aromatic heterocycles. The predicted molar refractivity (Wildman–Crippen MR) is 92.3 cm³/mol. The lowest BCUT2D eigenvalue weighted by Crippen LogP contribution is -2.39. The van der Waals surface area contributed by atoms with Crippen LogP contribution in [-0.2, 0) is 0 Å². The Morgan fingerprint density at radius 1 is 1.16 bits per heavy atom. The number of nitrogens with one attached hydrogen (secondary N) is 1. The van der Waals surface area contributed by atoms with Gasteiger partial charge in [-0.25, -0.2) is 9.86 Å². The van der Waals surface area contributed by atoms with Crippen LogP contribution in [0.5, 0.6) is 5.75 Å². The molecule has 1 unspecified atom stereocenters. The van der Waals surface area contributed by atoms with Gasteiger partial charge in [0.15, 0.2) is 0 Å². The zero-order valence-electron chi connectivity index (χ0n) is 13.9. The topological polar surface area (TPSA) is 105 Å². The van der Waals surface area contributed by atoms with Gasteiger partial charge in [-0.2, -0.15) is 0 Å². The third-order valence-electron chi connectivity index (χ3n) is 3.57. The van der Waals surface area contributed by atoms with E-state index in [2.05, 4.69) is 5.32 Å². The Balaban J connectivity index is 2.02. The molecule has 0 radical (unpaired) electrons. The van der Waals surface area contributed by atoms with Crippen LogP contribution in [0.15, 0.2) is 54.6 Å². The van der Waals surface area contributed by atoms with E-state index < -0.39 is 6.03 Å². The highest BCUT2D eigenvalue weighted by molar-refractivity contribution is 5.96. The molecule has 0 bridgehead atoms. The maximum absolute atomic E-state index is 12.3. The fourth-order valence-corrected chi connectivity index (χ4v) is 2.22. The lowest BCUT2D eigenvalue weighted by atomic mass is 10.1. The molecule has 0 aliphatic carbocycles. The fourth-order valence-electron chi connectivity index (χ4n) is 2.22. The van der Waals surface area contributed by atoms with Crippen molar-refractivity contribution >= 4 is 11.9 Å². The maximum Gasteiger partial charge on any atom is 0.338 e. The van der Waals surface area contributed by atoms with E-state index in [0.29, 0.717) is 16.4 Å². The van der Waals surface area contributed by atoms with Gasteiger partial charge in [-0.1, -0.05) is 42.5 Å². The average molecular weight is 343 g/mol. The molecule has 0 fully saturated rings. The molecule has 0 aliphatic rings. The highest BCUT2D eigenvalue weighted by Crippen LogP contribution is 2.25. The number of nitrogens with two attached hydrogens (primary N) is 1. The van der Waals surface area contributed by atoms with Crippen LogP contribution in [0.25, 0.3) is 0 Å². The van der Waals surface area contributed by atoms with Crippen molar-refractivity contribution in [2.45, 2.75) is 13.0 Å². The molecule has 0 saturated carbocycles. The lowest BCUT2D eigenvalue weighted by molar-refractivity contribution is -0.0376. The number of rotatable bonds is 7. The number of carbonyl (C=O) groups excluding carboxylic acids is 2. The third kappa shape index (κ3) is 5.22. The van der Waals surface area contributed by atoms with E-state index in [1.807, 2.05) is 37.3 Å². The van der Waals surface area contributed by atoms with Gasteiger partial charge in [-0.15, -0.1) is 0 Å². The van der Waals surface area contributed by atoms with Gasteiger partial charge in [-0.05, 0) is 24.6 Å². The molecular weight excluding hydrogens is 322 g/mol. The Morgan fingerprint density at radius 2 is 1.80 bits per heavy atom. The highest BCUT2D eigenvalue weighted by atomic mass is 16.5. The molecule has 25 heavy (non-hydrogen) atoms. The number of nitrogens with zero attached hydrogens (tertiary/aromatic N) is 1. The van der Waals surface area contributed by atoms with Gasteiger partial charge in [0.25, 0.3) is 5.91 Å². The van der Waals surface area contributed by atoms with Crippen molar-refractivity contribution < 1.29 is 19.5 Å². The number of primary amides is 1. The largest absolute Gasteiger partial charge is 0.485 e. The van der Waals surface area contributed by atoms with E-state index >= 15 is 0 Å². The molecular formula is C18H21N3O4. The number of hydrogen-bond acceptors (Lipinski definition) is 4. The summed E-state index contributed by atoms with van der Waals surface area (Å²) in [5.41, 5.74) is 6.27. The Kier molecular flexibility index (Phi) is 6.36. The second-order valence-corrected chi connectivity index (χ2v) is 5.38. The molecule has 0 aliphatic heterocycles. The summed E-state index contributed by atoms with van der Waals surface area (Å²) in [7, 11) is 0. The van der Waals surface area contributed by atoms with Crippen molar-refractivity contribution in [3.8, 4) is 5.75 Å². The van der Waals surface area contributed by atoms with Crippen LogP contribution in [0.1, 0.15) is 28.9 Å². The molecule has 132 valence electrons. The van der Waals surface area contributed by atoms with Gasteiger partial charge in [0.2, 0.25) is 0 Å². The Labute approximate surface area is 146 Å². The number of hydrogen-bond donors (Lipinski definition) is 3. The van der Waals surface area contributed by atoms with Crippen molar-refractivity contribution in [1.29, 1.82) is 0 Å². The van der Waals surface area contributed by atoms with E-state index in [4.69, 9.17) is 10.5 Å². The first-order valence-corrected chi connectivity index (χ1v) is 7.83. The lowest BCUT2D eigenvalue weighted by Gasteiger charge is -2.18. The van der Waals surface area contributed by atoms with E-state index in [0.717, 1.165) is 5.56 Å². The minimum absolute atomic E-state index is 0.0564. The van der Waals surface area contributed by atoms with E-state index in [9.17, 15) is 14.8 Å². The first-order valence-electron chi connectivity index (χ1n) is 7.83. The molecule has 2 aromatic carbocycles. The summed E-state index contributed by atoms with van der Waals surface area (Å²) in [5.74, 6) is 0.0841. The van der Waals surface area contributed by atoms with Gasteiger partial charge in [0.1, 0.15) is 11.9 Å². The van der Waals surface area contributed by atoms with Crippen molar-refractivity contribution in [1.82, 2.24) is 10.4 Å². The quantitative estimate of drug-likeness (QED) is 0.530. The van der Waals surface area contributed by atoms with Gasteiger partial charge in [0.05, 0.1) is 12.1 Å². The normalized spacial score (nSPS) is 11.4. The average Bonchev–Trinajstić information content (AvgIpc) is 2.62. The molecule has 2 aromatic rings. The maximum atomic E-state index is 12.3. The predicted octanol–water partition coefficient (Wildman–Crippen LogP) is 2.33. The van der Waals surface area contributed by atoms with Crippen molar-refractivity contribution in [2.75, 3.05) is 13.1 Å². The van der Waals surface area contributed by atoms with E-state index in [1.54, 1.807) is 24.3 Å². The standard InChI is InChI=1S/C18H21N3O4/c1-13(14-7-3-2-4-8-14)25-16-10-6-5-9-15(16)17(22)20-11-12-21(24)18(19)23/h2-10,13,24H,11-12H2,1H3,(H2,19,23)(H,20,22). The molecule has 7 heteroatoms. The first-order chi connectivity index (χ1) is 12.0.